The number of hydrogen-bond donors (Lipinski definition) is 1. The number of hydrogen-bond acceptors (Lipinski definition) is 4. The average Bonchev–Trinajstić information content (AvgIpc) is 2.47. The summed E-state index contributed by atoms with van der Waals surface area (Å²) in [6, 6.07) is 10.7. The monoisotopic (exact) mass is 290 g/mol. The number of ether oxygens (including phenoxy) is 1. The maximum Gasteiger partial charge on any atom is 0.269 e. The minimum Gasteiger partial charge on any atom is -0.486 e. The van der Waals surface area contributed by atoms with Crippen molar-refractivity contribution in [2.45, 2.75) is 13.2 Å². The smallest absolute Gasteiger partial charge is 0.269 e. The second kappa shape index (κ2) is 6.81. The van der Waals surface area contributed by atoms with E-state index < -0.39 is 10.7 Å². The van der Waals surface area contributed by atoms with E-state index in [0.717, 1.165) is 11.1 Å². The van der Waals surface area contributed by atoms with E-state index in [1.54, 1.807) is 31.3 Å². The van der Waals surface area contributed by atoms with Gasteiger partial charge in [0.15, 0.2) is 11.6 Å². The van der Waals surface area contributed by atoms with E-state index in [0.29, 0.717) is 6.54 Å². The topological polar surface area (TPSA) is 64.4 Å². The third kappa shape index (κ3) is 4.00. The van der Waals surface area contributed by atoms with Crippen LogP contribution >= 0.6 is 0 Å². The summed E-state index contributed by atoms with van der Waals surface area (Å²) < 4.78 is 19.2. The van der Waals surface area contributed by atoms with Crippen molar-refractivity contribution in [1.82, 2.24) is 5.32 Å². The third-order valence-electron chi connectivity index (χ3n) is 2.92. The molecule has 0 spiro atoms. The molecular formula is C15H15FN2O3. The highest BCUT2D eigenvalue weighted by Gasteiger charge is 2.07. The predicted octanol–water partition coefficient (Wildman–Crippen LogP) is 3.03. The number of nitrogens with one attached hydrogen (secondary N) is 1. The first kappa shape index (κ1) is 14.9. The van der Waals surface area contributed by atoms with Crippen LogP contribution in [0.25, 0.3) is 0 Å². The fourth-order valence-corrected chi connectivity index (χ4v) is 1.85. The van der Waals surface area contributed by atoms with Crippen LogP contribution in [0, 0.1) is 15.9 Å². The Morgan fingerprint density at radius 2 is 1.86 bits per heavy atom. The number of benzene rings is 2. The van der Waals surface area contributed by atoms with Gasteiger partial charge in [-0.25, -0.2) is 4.39 Å². The van der Waals surface area contributed by atoms with E-state index in [9.17, 15) is 14.5 Å². The number of nitro groups is 1. The highest BCUT2D eigenvalue weighted by Crippen LogP contribution is 2.20. The lowest BCUT2D eigenvalue weighted by molar-refractivity contribution is -0.384. The number of nitro benzene ring substituents is 1. The van der Waals surface area contributed by atoms with Gasteiger partial charge in [0.1, 0.15) is 6.61 Å². The van der Waals surface area contributed by atoms with Crippen LogP contribution in [0.2, 0.25) is 0 Å². The molecule has 6 heteroatoms. The molecule has 0 saturated heterocycles. The molecule has 0 saturated carbocycles. The van der Waals surface area contributed by atoms with E-state index in [2.05, 4.69) is 5.32 Å². The zero-order valence-electron chi connectivity index (χ0n) is 11.5. The molecule has 0 unspecified atom stereocenters. The Hall–Kier alpha value is -2.47. The van der Waals surface area contributed by atoms with Crippen LogP contribution in [0.5, 0.6) is 5.75 Å². The van der Waals surface area contributed by atoms with E-state index in [4.69, 9.17) is 4.74 Å². The normalized spacial score (nSPS) is 10.4. The molecule has 110 valence electrons. The molecule has 1 N–H and O–H groups in total. The molecule has 0 bridgehead atoms. The van der Waals surface area contributed by atoms with Crippen molar-refractivity contribution in [3.63, 3.8) is 0 Å². The molecule has 0 aliphatic carbocycles. The number of non-ortho nitro benzene ring substituents is 1. The van der Waals surface area contributed by atoms with Crippen LogP contribution < -0.4 is 10.1 Å². The summed E-state index contributed by atoms with van der Waals surface area (Å²) >= 11 is 0. The quantitative estimate of drug-likeness (QED) is 0.656. The zero-order chi connectivity index (χ0) is 15.2. The highest BCUT2D eigenvalue weighted by atomic mass is 19.1. The van der Waals surface area contributed by atoms with E-state index in [1.165, 1.54) is 18.2 Å². The zero-order valence-corrected chi connectivity index (χ0v) is 11.5. The van der Waals surface area contributed by atoms with Crippen molar-refractivity contribution in [1.29, 1.82) is 0 Å². The molecule has 5 nitrogen and oxygen atoms in total. The molecule has 0 atom stereocenters. The molecule has 0 aromatic heterocycles. The van der Waals surface area contributed by atoms with Gasteiger partial charge in [-0.1, -0.05) is 6.07 Å². The summed E-state index contributed by atoms with van der Waals surface area (Å²) in [6.07, 6.45) is 0. The second-order valence-electron chi connectivity index (χ2n) is 4.51. The molecule has 2 aromatic rings. The van der Waals surface area contributed by atoms with Gasteiger partial charge in [0.05, 0.1) is 4.92 Å². The van der Waals surface area contributed by atoms with Crippen molar-refractivity contribution in [2.75, 3.05) is 7.05 Å². The lowest BCUT2D eigenvalue weighted by Gasteiger charge is -2.08. The minimum absolute atomic E-state index is 0.0151. The van der Waals surface area contributed by atoms with Gasteiger partial charge < -0.3 is 10.1 Å². The first-order valence-corrected chi connectivity index (χ1v) is 6.39. The molecule has 0 heterocycles. The Morgan fingerprint density at radius 1 is 1.19 bits per heavy atom. The Morgan fingerprint density at radius 3 is 2.43 bits per heavy atom. The summed E-state index contributed by atoms with van der Waals surface area (Å²) in [5, 5.41) is 13.5. The SMILES string of the molecule is CNCc1ccc(OCc2ccc([N+](=O)[O-])cc2)c(F)c1. The summed E-state index contributed by atoms with van der Waals surface area (Å²) in [4.78, 5) is 10.1. The molecule has 0 aliphatic rings. The van der Waals surface area contributed by atoms with Gasteiger partial charge >= 0.3 is 0 Å². The fraction of sp³-hybridized carbons (Fsp3) is 0.200. The molecule has 0 radical (unpaired) electrons. The Balaban J connectivity index is 2.00. The highest BCUT2D eigenvalue weighted by molar-refractivity contribution is 5.33. The fourth-order valence-electron chi connectivity index (χ4n) is 1.85. The summed E-state index contributed by atoms with van der Waals surface area (Å²) in [6.45, 7) is 0.736. The minimum atomic E-state index is -0.467. The van der Waals surface area contributed by atoms with Gasteiger partial charge in [-0.3, -0.25) is 10.1 Å². The standard InChI is InChI=1S/C15H15FN2O3/c1-17-9-12-4-7-15(14(16)8-12)21-10-11-2-5-13(6-3-11)18(19)20/h2-8,17H,9-10H2,1H3. The number of halogens is 1. The van der Waals surface area contributed by atoms with Crippen molar-refractivity contribution in [3.8, 4) is 5.75 Å². The van der Waals surface area contributed by atoms with Crippen molar-refractivity contribution in [3.05, 3.63) is 69.5 Å². The Bertz CT molecular complexity index is 629. The van der Waals surface area contributed by atoms with Gasteiger partial charge in [-0.15, -0.1) is 0 Å². The predicted molar refractivity (Wildman–Crippen MR) is 76.6 cm³/mol. The van der Waals surface area contributed by atoms with Crippen LogP contribution in [0.1, 0.15) is 11.1 Å². The van der Waals surface area contributed by atoms with E-state index >= 15 is 0 Å². The van der Waals surface area contributed by atoms with Crippen LogP contribution in [0.3, 0.4) is 0 Å². The molecule has 2 aromatic carbocycles. The summed E-state index contributed by atoms with van der Waals surface area (Å²) in [7, 11) is 1.79. The molecule has 2 rings (SSSR count). The van der Waals surface area contributed by atoms with Crippen LogP contribution in [-0.4, -0.2) is 12.0 Å². The van der Waals surface area contributed by atoms with Crippen molar-refractivity contribution >= 4 is 5.69 Å². The summed E-state index contributed by atoms with van der Waals surface area (Å²) in [5.41, 5.74) is 1.58. The lowest BCUT2D eigenvalue weighted by Crippen LogP contribution is -2.05. The lowest BCUT2D eigenvalue weighted by atomic mass is 10.2. The Labute approximate surface area is 121 Å². The van der Waals surface area contributed by atoms with Crippen LogP contribution in [-0.2, 0) is 13.2 Å². The maximum atomic E-state index is 13.8. The number of nitrogens with zero attached hydrogens (tertiary/aromatic N) is 1. The number of rotatable bonds is 6. The molecule has 21 heavy (non-hydrogen) atoms. The molecule has 0 amide bonds. The van der Waals surface area contributed by atoms with Crippen molar-refractivity contribution < 1.29 is 14.1 Å². The average molecular weight is 290 g/mol. The molecule has 0 fully saturated rings. The summed E-state index contributed by atoms with van der Waals surface area (Å²) in [5.74, 6) is -0.266. The maximum absolute atomic E-state index is 13.8. The molecular weight excluding hydrogens is 275 g/mol. The van der Waals surface area contributed by atoms with Gasteiger partial charge in [-0.05, 0) is 42.4 Å². The molecule has 0 aliphatic heterocycles. The van der Waals surface area contributed by atoms with Crippen molar-refractivity contribution in [2.24, 2.45) is 0 Å². The third-order valence-corrected chi connectivity index (χ3v) is 2.92. The first-order chi connectivity index (χ1) is 10.1. The van der Waals surface area contributed by atoms with Gasteiger partial charge in [0.25, 0.3) is 5.69 Å². The van der Waals surface area contributed by atoms with Crippen LogP contribution in [0.15, 0.2) is 42.5 Å². The van der Waals surface area contributed by atoms with Gasteiger partial charge in [0, 0.05) is 18.7 Å². The van der Waals surface area contributed by atoms with E-state index in [1.807, 2.05) is 0 Å². The second-order valence-corrected chi connectivity index (χ2v) is 4.51. The van der Waals surface area contributed by atoms with Gasteiger partial charge in [0.2, 0.25) is 0 Å². The first-order valence-electron chi connectivity index (χ1n) is 6.39. The Kier molecular flexibility index (Phi) is 4.84. The largest absolute Gasteiger partial charge is 0.486 e. The van der Waals surface area contributed by atoms with Gasteiger partial charge in [-0.2, -0.15) is 0 Å². The van der Waals surface area contributed by atoms with E-state index in [-0.39, 0.29) is 18.0 Å². The van der Waals surface area contributed by atoms with Crippen LogP contribution in [0.4, 0.5) is 10.1 Å².